The molecule has 176 valence electrons. The standard InChI is InChI=1S/C24H26Cl3N3O3/c1-14(33-23-5-3-16(25)8-28-23)19-10-30(11-20(19)15-2-4-21(26)22(27)6-15)24(31)12-29-9-18-7-17(29)13-32-18/h2-6,8,14,17-20H,7,9-13H2,1H3/t14-,17?,18?,19+,20+/m1/s1. The Hall–Kier alpha value is -1.57. The van der Waals surface area contributed by atoms with E-state index in [-0.39, 0.29) is 30.0 Å². The molecule has 2 bridgehead atoms. The molecule has 2 unspecified atom stereocenters. The Balaban J connectivity index is 1.33. The van der Waals surface area contributed by atoms with Crippen LogP contribution in [0.2, 0.25) is 15.1 Å². The van der Waals surface area contributed by atoms with E-state index in [1.165, 1.54) is 0 Å². The Labute approximate surface area is 208 Å². The monoisotopic (exact) mass is 509 g/mol. The summed E-state index contributed by atoms with van der Waals surface area (Å²) in [7, 11) is 0. The van der Waals surface area contributed by atoms with Crippen molar-refractivity contribution in [1.82, 2.24) is 14.8 Å². The number of hydrogen-bond donors (Lipinski definition) is 0. The highest BCUT2D eigenvalue weighted by Gasteiger charge is 2.43. The molecule has 3 saturated heterocycles. The quantitative estimate of drug-likeness (QED) is 0.572. The minimum Gasteiger partial charge on any atom is -0.474 e. The van der Waals surface area contributed by atoms with Crippen LogP contribution in [0.4, 0.5) is 0 Å². The Bertz CT molecular complexity index is 1020. The van der Waals surface area contributed by atoms with Crippen LogP contribution in [0.25, 0.3) is 0 Å². The van der Waals surface area contributed by atoms with Crippen molar-refractivity contribution in [2.75, 3.05) is 32.8 Å². The van der Waals surface area contributed by atoms with Gasteiger partial charge in [-0.3, -0.25) is 9.69 Å². The lowest BCUT2D eigenvalue weighted by Gasteiger charge is -2.28. The molecule has 0 aliphatic carbocycles. The van der Waals surface area contributed by atoms with Crippen molar-refractivity contribution in [3.8, 4) is 5.88 Å². The highest BCUT2D eigenvalue weighted by atomic mass is 35.5. The largest absolute Gasteiger partial charge is 0.474 e. The van der Waals surface area contributed by atoms with E-state index in [4.69, 9.17) is 44.3 Å². The average molecular weight is 511 g/mol. The predicted octanol–water partition coefficient (Wildman–Crippen LogP) is 4.52. The van der Waals surface area contributed by atoms with Crippen LogP contribution in [0.5, 0.6) is 5.88 Å². The first-order valence-electron chi connectivity index (χ1n) is 11.2. The molecule has 1 aromatic heterocycles. The summed E-state index contributed by atoms with van der Waals surface area (Å²) in [5, 5.41) is 1.59. The summed E-state index contributed by atoms with van der Waals surface area (Å²) in [6.07, 6.45) is 2.70. The molecule has 3 aliphatic heterocycles. The van der Waals surface area contributed by atoms with Crippen LogP contribution in [0, 0.1) is 5.92 Å². The molecule has 2 aromatic rings. The second-order valence-corrected chi connectivity index (χ2v) is 10.4. The number of aromatic nitrogens is 1. The van der Waals surface area contributed by atoms with Crippen LogP contribution in [0.1, 0.15) is 24.8 Å². The van der Waals surface area contributed by atoms with Crippen molar-refractivity contribution in [2.45, 2.75) is 37.5 Å². The van der Waals surface area contributed by atoms with Gasteiger partial charge >= 0.3 is 0 Å². The third-order valence-corrected chi connectivity index (χ3v) is 8.01. The van der Waals surface area contributed by atoms with E-state index in [0.717, 1.165) is 25.1 Å². The van der Waals surface area contributed by atoms with Crippen molar-refractivity contribution in [2.24, 2.45) is 5.92 Å². The Morgan fingerprint density at radius 1 is 1.18 bits per heavy atom. The zero-order valence-corrected chi connectivity index (χ0v) is 20.6. The lowest BCUT2D eigenvalue weighted by molar-refractivity contribution is -0.132. The highest BCUT2D eigenvalue weighted by molar-refractivity contribution is 6.42. The topological polar surface area (TPSA) is 54.9 Å². The van der Waals surface area contributed by atoms with Gasteiger partial charge in [-0.05, 0) is 37.1 Å². The van der Waals surface area contributed by atoms with Gasteiger partial charge in [-0.25, -0.2) is 4.98 Å². The van der Waals surface area contributed by atoms with E-state index in [9.17, 15) is 4.79 Å². The van der Waals surface area contributed by atoms with Gasteiger partial charge < -0.3 is 14.4 Å². The molecule has 0 radical (unpaired) electrons. The second kappa shape index (κ2) is 9.59. The number of carbonyl (C=O) groups is 1. The highest BCUT2D eigenvalue weighted by Crippen LogP contribution is 2.38. The molecule has 33 heavy (non-hydrogen) atoms. The number of benzene rings is 1. The van der Waals surface area contributed by atoms with Crippen LogP contribution < -0.4 is 4.74 Å². The average Bonchev–Trinajstić information content (AvgIpc) is 3.53. The van der Waals surface area contributed by atoms with Crippen LogP contribution >= 0.6 is 34.8 Å². The summed E-state index contributed by atoms with van der Waals surface area (Å²) in [6, 6.07) is 9.58. The third kappa shape index (κ3) is 4.96. The molecule has 1 amide bonds. The lowest BCUT2D eigenvalue weighted by atomic mass is 9.86. The summed E-state index contributed by atoms with van der Waals surface area (Å²) in [5.74, 6) is 0.802. The SMILES string of the molecule is C[C@@H](Oc1ccc(Cl)cn1)[C@@H]1CN(C(=O)CN2CC3CC2CO3)C[C@H]1c1ccc(Cl)c(Cl)c1. The van der Waals surface area contributed by atoms with Crippen molar-refractivity contribution in [3.63, 3.8) is 0 Å². The van der Waals surface area contributed by atoms with Gasteiger partial charge in [0.15, 0.2) is 0 Å². The second-order valence-electron chi connectivity index (χ2n) is 9.15. The maximum atomic E-state index is 13.3. The third-order valence-electron chi connectivity index (χ3n) is 7.05. The van der Waals surface area contributed by atoms with E-state index in [2.05, 4.69) is 9.88 Å². The number of halogens is 3. The fraction of sp³-hybridized carbons (Fsp3) is 0.500. The first kappa shape index (κ1) is 23.2. The van der Waals surface area contributed by atoms with Crippen molar-refractivity contribution >= 4 is 40.7 Å². The molecule has 0 spiro atoms. The molecule has 9 heteroatoms. The smallest absolute Gasteiger partial charge is 0.236 e. The van der Waals surface area contributed by atoms with Gasteiger partial charge in [0.25, 0.3) is 0 Å². The lowest BCUT2D eigenvalue weighted by Crippen LogP contribution is -2.45. The number of nitrogens with zero attached hydrogens (tertiary/aromatic N) is 3. The molecule has 4 heterocycles. The zero-order chi connectivity index (χ0) is 23.1. The number of hydrogen-bond acceptors (Lipinski definition) is 5. The molecule has 3 fully saturated rings. The number of morpholine rings is 1. The Morgan fingerprint density at radius 3 is 2.70 bits per heavy atom. The molecule has 0 saturated carbocycles. The van der Waals surface area contributed by atoms with E-state index >= 15 is 0 Å². The Kier molecular flexibility index (Phi) is 6.74. The number of pyridine rings is 1. The number of carbonyl (C=O) groups excluding carboxylic acids is 1. The van der Waals surface area contributed by atoms with E-state index in [1.54, 1.807) is 18.3 Å². The first-order chi connectivity index (χ1) is 15.9. The van der Waals surface area contributed by atoms with Gasteiger partial charge in [0.2, 0.25) is 11.8 Å². The van der Waals surface area contributed by atoms with Crippen molar-refractivity contribution in [3.05, 3.63) is 57.2 Å². The van der Waals surface area contributed by atoms with Crippen molar-refractivity contribution in [1.29, 1.82) is 0 Å². The summed E-state index contributed by atoms with van der Waals surface area (Å²) in [5.41, 5.74) is 1.05. The minimum absolute atomic E-state index is 0.0713. The molecule has 5 rings (SSSR count). The van der Waals surface area contributed by atoms with Crippen molar-refractivity contribution < 1.29 is 14.3 Å². The van der Waals surface area contributed by atoms with Gasteiger partial charge in [-0.2, -0.15) is 0 Å². The molecular weight excluding hydrogens is 485 g/mol. The molecule has 5 atom stereocenters. The number of likely N-dealkylation sites (tertiary alicyclic amines) is 2. The number of ether oxygens (including phenoxy) is 2. The van der Waals surface area contributed by atoms with Crippen LogP contribution in [0.3, 0.4) is 0 Å². The van der Waals surface area contributed by atoms with E-state index in [0.29, 0.717) is 46.6 Å². The first-order valence-corrected chi connectivity index (χ1v) is 12.4. The molecule has 3 aliphatic rings. The summed E-state index contributed by atoms with van der Waals surface area (Å²) in [6.45, 7) is 5.24. The maximum Gasteiger partial charge on any atom is 0.236 e. The van der Waals surface area contributed by atoms with Gasteiger partial charge in [0.05, 0.1) is 34.3 Å². The fourth-order valence-electron chi connectivity index (χ4n) is 5.26. The summed E-state index contributed by atoms with van der Waals surface area (Å²) < 4.78 is 11.8. The predicted molar refractivity (Wildman–Crippen MR) is 128 cm³/mol. The molecule has 6 nitrogen and oxygen atoms in total. The van der Waals surface area contributed by atoms with Crippen LogP contribution in [0.15, 0.2) is 36.5 Å². The van der Waals surface area contributed by atoms with Crippen LogP contribution in [-0.4, -0.2) is 71.7 Å². The molecule has 0 N–H and O–H groups in total. The molecule has 1 aromatic carbocycles. The Morgan fingerprint density at radius 2 is 2.03 bits per heavy atom. The summed E-state index contributed by atoms with van der Waals surface area (Å²) in [4.78, 5) is 21.8. The van der Waals surface area contributed by atoms with E-state index < -0.39 is 0 Å². The van der Waals surface area contributed by atoms with Gasteiger partial charge in [0.1, 0.15) is 6.10 Å². The number of rotatable bonds is 6. The zero-order valence-electron chi connectivity index (χ0n) is 18.3. The minimum atomic E-state index is -0.174. The molecular formula is C24H26Cl3N3O3. The van der Waals surface area contributed by atoms with E-state index in [1.807, 2.05) is 30.0 Å². The summed E-state index contributed by atoms with van der Waals surface area (Å²) >= 11 is 18.4. The van der Waals surface area contributed by atoms with Crippen LogP contribution in [-0.2, 0) is 9.53 Å². The van der Waals surface area contributed by atoms with Gasteiger partial charge in [0, 0.05) is 49.8 Å². The number of fused-ring (bicyclic) bond motifs is 2. The normalized spacial score (nSPS) is 27.8. The van der Waals surface area contributed by atoms with Gasteiger partial charge in [-0.15, -0.1) is 0 Å². The van der Waals surface area contributed by atoms with Gasteiger partial charge in [-0.1, -0.05) is 40.9 Å². The number of amides is 1. The maximum absolute atomic E-state index is 13.3. The fourth-order valence-corrected chi connectivity index (χ4v) is 5.68.